The third kappa shape index (κ3) is 5.29. The van der Waals surface area contributed by atoms with E-state index in [1.807, 2.05) is 13.0 Å². The van der Waals surface area contributed by atoms with E-state index in [4.69, 9.17) is 9.47 Å². The van der Waals surface area contributed by atoms with Crippen LogP contribution in [0.2, 0.25) is 0 Å². The maximum atomic E-state index is 11.4. The average molecular weight is 266 g/mol. The molecule has 1 rings (SSSR count). The molecular weight excluding hydrogens is 248 g/mol. The van der Waals surface area contributed by atoms with E-state index in [-0.39, 0.29) is 12.5 Å². The highest BCUT2D eigenvalue weighted by Gasteiger charge is 2.07. The van der Waals surface area contributed by atoms with Gasteiger partial charge in [0.25, 0.3) is 5.91 Å². The van der Waals surface area contributed by atoms with Gasteiger partial charge in [-0.15, -0.1) is 0 Å². The molecule has 0 aliphatic heterocycles. The van der Waals surface area contributed by atoms with Crippen LogP contribution < -0.4 is 20.3 Å². The Hall–Kier alpha value is -2.24. The van der Waals surface area contributed by atoms with Crippen molar-refractivity contribution in [2.24, 2.45) is 0 Å². The summed E-state index contributed by atoms with van der Waals surface area (Å²) in [5.41, 5.74) is 4.51. The maximum absolute atomic E-state index is 11.4. The number of hydrazine groups is 1. The first-order chi connectivity index (χ1) is 9.17. The van der Waals surface area contributed by atoms with Crippen molar-refractivity contribution in [3.05, 3.63) is 24.3 Å². The fraction of sp³-hybridized carbons (Fsp3) is 0.385. The van der Waals surface area contributed by atoms with Gasteiger partial charge in [0.05, 0.1) is 6.61 Å². The maximum Gasteiger partial charge on any atom is 0.276 e. The summed E-state index contributed by atoms with van der Waals surface area (Å²) in [5.74, 6) is 0.368. The molecule has 0 aliphatic rings. The highest BCUT2D eigenvalue weighted by molar-refractivity contribution is 5.82. The minimum atomic E-state index is -0.437. The second-order valence-electron chi connectivity index (χ2n) is 3.62. The first-order valence-corrected chi connectivity index (χ1v) is 6.09. The van der Waals surface area contributed by atoms with Crippen LogP contribution in [-0.4, -0.2) is 25.0 Å². The van der Waals surface area contributed by atoms with Gasteiger partial charge in [-0.05, 0) is 19.1 Å². The van der Waals surface area contributed by atoms with Gasteiger partial charge >= 0.3 is 0 Å². The summed E-state index contributed by atoms with van der Waals surface area (Å²) in [6.45, 7) is 3.87. The quantitative estimate of drug-likeness (QED) is 0.754. The summed E-state index contributed by atoms with van der Waals surface area (Å²) in [4.78, 5) is 22.4. The topological polar surface area (TPSA) is 76.7 Å². The van der Waals surface area contributed by atoms with Crippen LogP contribution >= 0.6 is 0 Å². The average Bonchev–Trinajstić information content (AvgIpc) is 2.44. The Morgan fingerprint density at radius 1 is 1.00 bits per heavy atom. The van der Waals surface area contributed by atoms with Crippen LogP contribution in [0.1, 0.15) is 20.3 Å². The number of ether oxygens (including phenoxy) is 2. The van der Waals surface area contributed by atoms with Crippen molar-refractivity contribution >= 4 is 11.8 Å². The lowest BCUT2D eigenvalue weighted by Crippen LogP contribution is -2.43. The van der Waals surface area contributed by atoms with Crippen LogP contribution in [0.5, 0.6) is 11.5 Å². The van der Waals surface area contributed by atoms with Crippen LogP contribution in [0.3, 0.4) is 0 Å². The number of hydrogen-bond acceptors (Lipinski definition) is 4. The first kappa shape index (κ1) is 14.8. The number of nitrogens with one attached hydrogen (secondary N) is 2. The SMILES string of the molecule is CCOc1ccccc1OCC(=O)NNC(=O)CC. The number of hydrogen-bond donors (Lipinski definition) is 2. The molecule has 0 unspecified atom stereocenters. The van der Waals surface area contributed by atoms with Crippen LogP contribution in [0.25, 0.3) is 0 Å². The molecule has 0 saturated heterocycles. The minimum Gasteiger partial charge on any atom is -0.490 e. The van der Waals surface area contributed by atoms with Gasteiger partial charge in [-0.2, -0.15) is 0 Å². The van der Waals surface area contributed by atoms with Crippen LogP contribution in [0, 0.1) is 0 Å². The Kier molecular flexibility index (Phi) is 6.21. The molecule has 1 aromatic rings. The van der Waals surface area contributed by atoms with E-state index in [1.54, 1.807) is 25.1 Å². The van der Waals surface area contributed by atoms with Crippen LogP contribution in [-0.2, 0) is 9.59 Å². The van der Waals surface area contributed by atoms with Crippen molar-refractivity contribution in [3.63, 3.8) is 0 Å². The van der Waals surface area contributed by atoms with Crippen molar-refractivity contribution in [3.8, 4) is 11.5 Å². The minimum absolute atomic E-state index is 0.200. The monoisotopic (exact) mass is 266 g/mol. The Morgan fingerprint density at radius 3 is 2.16 bits per heavy atom. The van der Waals surface area contributed by atoms with Crippen molar-refractivity contribution in [2.75, 3.05) is 13.2 Å². The summed E-state index contributed by atoms with van der Waals surface area (Å²) in [6.07, 6.45) is 0.300. The van der Waals surface area contributed by atoms with E-state index < -0.39 is 5.91 Å². The van der Waals surface area contributed by atoms with Crippen LogP contribution in [0.15, 0.2) is 24.3 Å². The molecule has 1 aromatic carbocycles. The fourth-order valence-corrected chi connectivity index (χ4v) is 1.25. The van der Waals surface area contributed by atoms with Gasteiger partial charge in [-0.25, -0.2) is 0 Å². The largest absolute Gasteiger partial charge is 0.490 e. The molecule has 6 heteroatoms. The second kappa shape index (κ2) is 7.97. The predicted molar refractivity (Wildman–Crippen MR) is 69.7 cm³/mol. The standard InChI is InChI=1S/C13H18N2O4/c1-3-12(16)14-15-13(17)9-19-11-8-6-5-7-10(11)18-4-2/h5-8H,3-4,9H2,1-2H3,(H,14,16)(H,15,17). The lowest BCUT2D eigenvalue weighted by Gasteiger charge is -2.11. The molecule has 0 radical (unpaired) electrons. The summed E-state index contributed by atoms with van der Waals surface area (Å²) in [6, 6.07) is 7.08. The van der Waals surface area contributed by atoms with Crippen molar-refractivity contribution in [1.82, 2.24) is 10.9 Å². The Morgan fingerprint density at radius 2 is 1.58 bits per heavy atom. The number of para-hydroxylation sites is 2. The zero-order valence-corrected chi connectivity index (χ0v) is 11.1. The Balaban J connectivity index is 2.43. The van der Waals surface area contributed by atoms with Gasteiger partial charge in [0.15, 0.2) is 18.1 Å². The van der Waals surface area contributed by atoms with Crippen molar-refractivity contribution < 1.29 is 19.1 Å². The Bertz CT molecular complexity index is 434. The van der Waals surface area contributed by atoms with E-state index in [2.05, 4.69) is 10.9 Å². The van der Waals surface area contributed by atoms with Crippen LogP contribution in [0.4, 0.5) is 0 Å². The van der Waals surface area contributed by atoms with Gasteiger partial charge in [-0.1, -0.05) is 19.1 Å². The molecule has 0 aromatic heterocycles. The first-order valence-electron chi connectivity index (χ1n) is 6.09. The lowest BCUT2D eigenvalue weighted by atomic mass is 10.3. The molecule has 0 fully saturated rings. The molecule has 19 heavy (non-hydrogen) atoms. The summed E-state index contributed by atoms with van der Waals surface area (Å²) < 4.78 is 10.7. The van der Waals surface area contributed by atoms with E-state index in [9.17, 15) is 9.59 Å². The highest BCUT2D eigenvalue weighted by Crippen LogP contribution is 2.25. The number of benzene rings is 1. The normalized spacial score (nSPS) is 9.58. The van der Waals surface area contributed by atoms with E-state index >= 15 is 0 Å². The number of amides is 2. The fourth-order valence-electron chi connectivity index (χ4n) is 1.25. The third-order valence-electron chi connectivity index (χ3n) is 2.17. The van der Waals surface area contributed by atoms with E-state index in [0.717, 1.165) is 0 Å². The van der Waals surface area contributed by atoms with Crippen molar-refractivity contribution in [2.45, 2.75) is 20.3 Å². The summed E-state index contributed by atoms with van der Waals surface area (Å²) >= 11 is 0. The molecule has 0 atom stereocenters. The summed E-state index contributed by atoms with van der Waals surface area (Å²) in [7, 11) is 0. The Labute approximate surface area is 112 Å². The molecule has 0 spiro atoms. The predicted octanol–water partition coefficient (Wildman–Crippen LogP) is 1.02. The molecule has 2 N–H and O–H groups in total. The zero-order valence-electron chi connectivity index (χ0n) is 11.1. The number of rotatable bonds is 6. The zero-order chi connectivity index (χ0) is 14.1. The van der Waals surface area contributed by atoms with E-state index in [1.165, 1.54) is 0 Å². The highest BCUT2D eigenvalue weighted by atomic mass is 16.5. The molecule has 0 bridgehead atoms. The van der Waals surface area contributed by atoms with Gasteiger partial charge in [0.1, 0.15) is 0 Å². The van der Waals surface area contributed by atoms with Crippen molar-refractivity contribution in [1.29, 1.82) is 0 Å². The molecule has 104 valence electrons. The van der Waals surface area contributed by atoms with Gasteiger partial charge in [-0.3, -0.25) is 20.4 Å². The summed E-state index contributed by atoms with van der Waals surface area (Å²) in [5, 5.41) is 0. The van der Waals surface area contributed by atoms with Gasteiger partial charge < -0.3 is 9.47 Å². The van der Waals surface area contributed by atoms with Gasteiger partial charge in [0, 0.05) is 6.42 Å². The lowest BCUT2D eigenvalue weighted by molar-refractivity contribution is -0.129. The van der Waals surface area contributed by atoms with E-state index in [0.29, 0.717) is 24.5 Å². The second-order valence-corrected chi connectivity index (χ2v) is 3.62. The molecule has 6 nitrogen and oxygen atoms in total. The molecule has 0 heterocycles. The third-order valence-corrected chi connectivity index (χ3v) is 2.17. The number of carbonyl (C=O) groups is 2. The molecule has 2 amide bonds. The van der Waals surface area contributed by atoms with Gasteiger partial charge in [0.2, 0.25) is 5.91 Å². The molecule has 0 saturated carbocycles. The molecular formula is C13H18N2O4. The smallest absolute Gasteiger partial charge is 0.276 e. The number of carbonyl (C=O) groups excluding carboxylic acids is 2. The molecule has 0 aliphatic carbocycles.